The summed E-state index contributed by atoms with van der Waals surface area (Å²) in [7, 11) is 1.57. The number of methoxy groups -OCH3 is 1. The molecule has 0 saturated heterocycles. The van der Waals surface area contributed by atoms with Crippen LogP contribution in [-0.4, -0.2) is 36.3 Å². The van der Waals surface area contributed by atoms with Gasteiger partial charge in [0, 0.05) is 12.1 Å². The van der Waals surface area contributed by atoms with Crippen molar-refractivity contribution in [3.05, 3.63) is 82.8 Å². The van der Waals surface area contributed by atoms with Crippen LogP contribution in [0, 0.1) is 0 Å². The molecule has 2 aromatic carbocycles. The van der Waals surface area contributed by atoms with Gasteiger partial charge in [0.15, 0.2) is 11.5 Å². The number of unbranched alkanes of at least 4 members (excludes halogenated alkanes) is 1. The molecule has 8 heteroatoms. The first kappa shape index (κ1) is 23.1. The second-order valence-corrected chi connectivity index (χ2v) is 7.91. The standard InChI is InChI=1S/C26H26N2O6/c1-3-4-11-34-22-10-7-17(13-23(22)32-2)15-27-24(29)18-8-9-20-21(14-18)26(31)28(25(20)30)16-19-6-5-12-33-19/h5-10,12-14H,3-4,11,15-16H2,1-2H3,(H,27,29). The summed E-state index contributed by atoms with van der Waals surface area (Å²) >= 11 is 0. The first-order valence-corrected chi connectivity index (χ1v) is 11.1. The highest BCUT2D eigenvalue weighted by Gasteiger charge is 2.36. The lowest BCUT2D eigenvalue weighted by Crippen LogP contribution is -2.28. The van der Waals surface area contributed by atoms with Crippen LogP contribution >= 0.6 is 0 Å². The van der Waals surface area contributed by atoms with Crippen LogP contribution in [0.15, 0.2) is 59.2 Å². The van der Waals surface area contributed by atoms with E-state index in [0.717, 1.165) is 23.3 Å². The van der Waals surface area contributed by atoms with E-state index in [4.69, 9.17) is 13.9 Å². The van der Waals surface area contributed by atoms with Crippen molar-refractivity contribution in [2.24, 2.45) is 0 Å². The molecule has 3 amide bonds. The Morgan fingerprint density at radius 1 is 1.03 bits per heavy atom. The van der Waals surface area contributed by atoms with Crippen LogP contribution in [0.1, 0.15) is 62.2 Å². The first-order chi connectivity index (χ1) is 16.5. The van der Waals surface area contributed by atoms with Crippen molar-refractivity contribution in [2.75, 3.05) is 13.7 Å². The van der Waals surface area contributed by atoms with Gasteiger partial charge in [-0.2, -0.15) is 0 Å². The number of hydrogen-bond donors (Lipinski definition) is 1. The molecular formula is C26H26N2O6. The van der Waals surface area contributed by atoms with E-state index in [-0.39, 0.29) is 30.1 Å². The quantitative estimate of drug-likeness (QED) is 0.358. The maximum Gasteiger partial charge on any atom is 0.261 e. The fraction of sp³-hybridized carbons (Fsp3) is 0.269. The van der Waals surface area contributed by atoms with Crippen LogP contribution in [0.25, 0.3) is 0 Å². The fourth-order valence-electron chi connectivity index (χ4n) is 3.69. The molecule has 0 radical (unpaired) electrons. The smallest absolute Gasteiger partial charge is 0.261 e. The second-order valence-electron chi connectivity index (χ2n) is 7.91. The lowest BCUT2D eigenvalue weighted by Gasteiger charge is -2.12. The van der Waals surface area contributed by atoms with Gasteiger partial charge in [0.05, 0.1) is 37.7 Å². The number of ether oxygens (including phenoxy) is 2. The highest BCUT2D eigenvalue weighted by molar-refractivity contribution is 6.22. The highest BCUT2D eigenvalue weighted by atomic mass is 16.5. The molecule has 0 saturated carbocycles. The summed E-state index contributed by atoms with van der Waals surface area (Å²) in [6.07, 6.45) is 3.48. The van der Waals surface area contributed by atoms with Crippen molar-refractivity contribution in [3.8, 4) is 11.5 Å². The third-order valence-electron chi connectivity index (χ3n) is 5.56. The van der Waals surface area contributed by atoms with E-state index >= 15 is 0 Å². The Balaban J connectivity index is 1.42. The predicted octanol–water partition coefficient (Wildman–Crippen LogP) is 4.19. The fourth-order valence-corrected chi connectivity index (χ4v) is 3.69. The molecule has 8 nitrogen and oxygen atoms in total. The van der Waals surface area contributed by atoms with Gasteiger partial charge < -0.3 is 19.2 Å². The highest BCUT2D eigenvalue weighted by Crippen LogP contribution is 2.29. The van der Waals surface area contributed by atoms with Gasteiger partial charge in [-0.15, -0.1) is 0 Å². The van der Waals surface area contributed by atoms with Crippen LogP contribution in [0.4, 0.5) is 0 Å². The molecule has 0 fully saturated rings. The van der Waals surface area contributed by atoms with Crippen LogP contribution < -0.4 is 14.8 Å². The molecule has 4 rings (SSSR count). The van der Waals surface area contributed by atoms with Crippen molar-refractivity contribution < 1.29 is 28.3 Å². The van der Waals surface area contributed by atoms with E-state index in [2.05, 4.69) is 12.2 Å². The van der Waals surface area contributed by atoms with E-state index in [1.807, 2.05) is 18.2 Å². The molecule has 0 atom stereocenters. The van der Waals surface area contributed by atoms with Gasteiger partial charge >= 0.3 is 0 Å². The minimum atomic E-state index is -0.450. The maximum absolute atomic E-state index is 12.8. The SMILES string of the molecule is CCCCOc1ccc(CNC(=O)c2ccc3c(c2)C(=O)N(Cc2ccco2)C3=O)cc1OC. The molecule has 34 heavy (non-hydrogen) atoms. The number of rotatable bonds is 10. The topological polar surface area (TPSA) is 98.1 Å². The van der Waals surface area contributed by atoms with Gasteiger partial charge in [0.1, 0.15) is 5.76 Å². The van der Waals surface area contributed by atoms with Crippen LogP contribution in [-0.2, 0) is 13.1 Å². The van der Waals surface area contributed by atoms with Gasteiger partial charge in [-0.05, 0) is 54.4 Å². The summed E-state index contributed by atoms with van der Waals surface area (Å²) in [5.41, 5.74) is 1.62. The van der Waals surface area contributed by atoms with Gasteiger partial charge in [0.2, 0.25) is 0 Å². The molecule has 1 aliphatic heterocycles. The number of nitrogens with zero attached hydrogens (tertiary/aromatic N) is 1. The minimum absolute atomic E-state index is 0.0425. The predicted molar refractivity (Wildman–Crippen MR) is 124 cm³/mol. The summed E-state index contributed by atoms with van der Waals surface area (Å²) in [5.74, 6) is 0.554. The lowest BCUT2D eigenvalue weighted by molar-refractivity contribution is 0.0631. The van der Waals surface area contributed by atoms with Crippen molar-refractivity contribution in [1.82, 2.24) is 10.2 Å². The molecule has 0 aliphatic carbocycles. The molecule has 0 unspecified atom stereocenters. The summed E-state index contributed by atoms with van der Waals surface area (Å²) < 4.78 is 16.4. The molecule has 3 aromatic rings. The first-order valence-electron chi connectivity index (χ1n) is 11.1. The molecular weight excluding hydrogens is 436 g/mol. The largest absolute Gasteiger partial charge is 0.493 e. The zero-order valence-corrected chi connectivity index (χ0v) is 19.1. The number of benzene rings is 2. The Bertz CT molecular complexity index is 1200. The Hall–Kier alpha value is -4.07. The summed E-state index contributed by atoms with van der Waals surface area (Å²) in [6, 6.07) is 13.4. The van der Waals surface area contributed by atoms with Gasteiger partial charge in [-0.25, -0.2) is 0 Å². The van der Waals surface area contributed by atoms with Crippen LogP contribution in [0.3, 0.4) is 0 Å². The van der Waals surface area contributed by atoms with E-state index < -0.39 is 11.8 Å². The number of carbonyl (C=O) groups is 3. The maximum atomic E-state index is 12.8. The molecule has 1 aliphatic rings. The van der Waals surface area contributed by atoms with E-state index in [0.29, 0.717) is 29.4 Å². The summed E-state index contributed by atoms with van der Waals surface area (Å²) in [5, 5.41) is 2.84. The van der Waals surface area contributed by atoms with Crippen molar-refractivity contribution >= 4 is 17.7 Å². The van der Waals surface area contributed by atoms with E-state index in [1.165, 1.54) is 18.4 Å². The monoisotopic (exact) mass is 462 g/mol. The number of amides is 3. The second kappa shape index (κ2) is 10.2. The lowest BCUT2D eigenvalue weighted by atomic mass is 10.1. The zero-order chi connectivity index (χ0) is 24.1. The van der Waals surface area contributed by atoms with Gasteiger partial charge in [0.25, 0.3) is 17.7 Å². The summed E-state index contributed by atoms with van der Waals surface area (Å²) in [6.45, 7) is 3.01. The van der Waals surface area contributed by atoms with Gasteiger partial charge in [-0.1, -0.05) is 19.4 Å². The van der Waals surface area contributed by atoms with Crippen molar-refractivity contribution in [2.45, 2.75) is 32.9 Å². The molecule has 1 aromatic heterocycles. The number of furan rings is 1. The third kappa shape index (κ3) is 4.80. The molecule has 0 bridgehead atoms. The molecule has 0 spiro atoms. The molecule has 1 N–H and O–H groups in total. The average Bonchev–Trinajstić information content (AvgIpc) is 3.46. The minimum Gasteiger partial charge on any atom is -0.493 e. The van der Waals surface area contributed by atoms with Crippen LogP contribution in [0.2, 0.25) is 0 Å². The number of nitrogens with one attached hydrogen (secondary N) is 1. The zero-order valence-electron chi connectivity index (χ0n) is 19.1. The van der Waals surface area contributed by atoms with Crippen molar-refractivity contribution in [3.63, 3.8) is 0 Å². The Kier molecular flexibility index (Phi) is 6.96. The van der Waals surface area contributed by atoms with Crippen LogP contribution in [0.5, 0.6) is 11.5 Å². The third-order valence-corrected chi connectivity index (χ3v) is 5.56. The Morgan fingerprint density at radius 3 is 2.59 bits per heavy atom. The molecule has 176 valence electrons. The van der Waals surface area contributed by atoms with Gasteiger partial charge in [-0.3, -0.25) is 19.3 Å². The number of fused-ring (bicyclic) bond motifs is 1. The van der Waals surface area contributed by atoms with E-state index in [1.54, 1.807) is 25.3 Å². The number of hydrogen-bond acceptors (Lipinski definition) is 6. The number of imide groups is 1. The van der Waals surface area contributed by atoms with Crippen molar-refractivity contribution in [1.29, 1.82) is 0 Å². The molecule has 2 heterocycles. The summed E-state index contributed by atoms with van der Waals surface area (Å²) in [4.78, 5) is 39.3. The Morgan fingerprint density at radius 2 is 1.85 bits per heavy atom. The Labute approximate surface area is 197 Å². The average molecular weight is 463 g/mol. The van der Waals surface area contributed by atoms with E-state index in [9.17, 15) is 14.4 Å². The normalized spacial score (nSPS) is 12.6. The number of carbonyl (C=O) groups excluding carboxylic acids is 3.